The Morgan fingerprint density at radius 3 is 1.06 bits per heavy atom. The van der Waals surface area contributed by atoms with Crippen molar-refractivity contribution >= 4 is 11.9 Å². The van der Waals surface area contributed by atoms with Crippen molar-refractivity contribution in [3.05, 3.63) is 11.5 Å². The van der Waals surface area contributed by atoms with E-state index in [1.807, 2.05) is 27.7 Å². The summed E-state index contributed by atoms with van der Waals surface area (Å²) in [7, 11) is 0. The monoisotopic (exact) mass is 415 g/mol. The van der Waals surface area contributed by atoms with Gasteiger partial charge in [0.25, 0.3) is 0 Å². The smallest absolute Gasteiger partial charge is 0.675 e. The van der Waals surface area contributed by atoms with Crippen LogP contribution in [0.15, 0.2) is 0 Å². The summed E-state index contributed by atoms with van der Waals surface area (Å²) in [6.45, 7) is 7.33. The fourth-order valence-electron chi connectivity index (χ4n) is 0.129. The summed E-state index contributed by atoms with van der Waals surface area (Å²) < 4.78 is 0. The number of carbonyl (C=O) groups is 2. The third kappa shape index (κ3) is 169. The van der Waals surface area contributed by atoms with Crippen molar-refractivity contribution in [2.24, 2.45) is 0 Å². The van der Waals surface area contributed by atoms with E-state index in [0.29, 0.717) is 0 Å². The number of rotatable bonds is 2. The number of carboxylic acids is 2. The van der Waals surface area contributed by atoms with Crippen LogP contribution in [0.3, 0.4) is 0 Å². The van der Waals surface area contributed by atoms with Gasteiger partial charge in [-0.3, -0.25) is 9.59 Å². The van der Waals surface area contributed by atoms with Crippen LogP contribution in [0.4, 0.5) is 0 Å². The zero-order valence-corrected chi connectivity index (χ0v) is 12.2. The van der Waals surface area contributed by atoms with Crippen molar-refractivity contribution in [2.45, 2.75) is 46.2 Å². The van der Waals surface area contributed by atoms with Gasteiger partial charge in [0.2, 0.25) is 0 Å². The molecule has 0 unspecified atom stereocenters. The molecule has 0 atom stereocenters. The predicted octanol–water partition coefficient (Wildman–Crippen LogP) is 2.44. The summed E-state index contributed by atoms with van der Waals surface area (Å²) in [6, 6.07) is 0.167. The van der Waals surface area contributed by atoms with Gasteiger partial charge < -0.3 is 21.7 Å². The minimum atomic E-state index is -1.31. The molecule has 0 rings (SSSR count). The SMILES string of the molecule is CC(C)[NH-].CC(C)[NH-].O=C(O)CC(=O)O.[Pt+2]. The largest absolute Gasteiger partial charge is 2.00 e. The third-order valence-corrected chi connectivity index (χ3v) is 0.302. The molecule has 0 saturated carbocycles. The van der Waals surface area contributed by atoms with Crippen molar-refractivity contribution < 1.29 is 40.9 Å². The van der Waals surface area contributed by atoms with Gasteiger partial charge in [-0.25, -0.2) is 0 Å². The van der Waals surface area contributed by atoms with Crippen LogP contribution in [0, 0.1) is 0 Å². The van der Waals surface area contributed by atoms with E-state index in [1.165, 1.54) is 0 Å². The Balaban J connectivity index is -0.0000000700. The fourth-order valence-corrected chi connectivity index (χ4v) is 0.129. The maximum Gasteiger partial charge on any atom is 2.00 e. The van der Waals surface area contributed by atoms with Crippen LogP contribution in [-0.4, -0.2) is 34.2 Å². The molecule has 4 N–H and O–H groups in total. The molecule has 0 spiro atoms. The molecule has 0 radical (unpaired) electrons. The number of hydrogen-bond donors (Lipinski definition) is 2. The van der Waals surface area contributed by atoms with Gasteiger partial charge in [0.15, 0.2) is 0 Å². The van der Waals surface area contributed by atoms with E-state index in [2.05, 4.69) is 0 Å². The molecular formula is C9H20N2O4Pt. The Hall–Kier alpha value is -0.452. The average Bonchev–Trinajstić information content (AvgIpc) is 1.78. The molecule has 0 aromatic heterocycles. The van der Waals surface area contributed by atoms with Gasteiger partial charge in [0, 0.05) is 0 Å². The molecule has 0 saturated heterocycles. The van der Waals surface area contributed by atoms with Gasteiger partial charge in [-0.2, -0.15) is 0 Å². The van der Waals surface area contributed by atoms with E-state index in [1.54, 1.807) is 0 Å². The van der Waals surface area contributed by atoms with E-state index in [0.717, 1.165) is 0 Å². The zero-order chi connectivity index (χ0) is 13.0. The van der Waals surface area contributed by atoms with Crippen molar-refractivity contribution in [1.82, 2.24) is 0 Å². The second kappa shape index (κ2) is 17.0. The molecule has 0 aliphatic carbocycles. The second-order valence-corrected chi connectivity index (χ2v) is 3.27. The Morgan fingerprint density at radius 1 is 0.938 bits per heavy atom. The van der Waals surface area contributed by atoms with Crippen molar-refractivity contribution in [3.8, 4) is 0 Å². The topological polar surface area (TPSA) is 122 Å². The average molecular weight is 415 g/mol. The van der Waals surface area contributed by atoms with Crippen molar-refractivity contribution in [3.63, 3.8) is 0 Å². The Kier molecular flexibility index (Phi) is 26.2. The quantitative estimate of drug-likeness (QED) is 0.673. The molecule has 0 heterocycles. The predicted molar refractivity (Wildman–Crippen MR) is 58.8 cm³/mol. The maximum atomic E-state index is 9.43. The van der Waals surface area contributed by atoms with Gasteiger partial charge in [-0.15, -0.1) is 12.1 Å². The summed E-state index contributed by atoms with van der Waals surface area (Å²) in [4.78, 5) is 18.9. The summed E-state index contributed by atoms with van der Waals surface area (Å²) in [5.41, 5.74) is 13.2. The summed E-state index contributed by atoms with van der Waals surface area (Å²) in [6.07, 6.45) is -0.806. The van der Waals surface area contributed by atoms with E-state index < -0.39 is 18.4 Å². The summed E-state index contributed by atoms with van der Waals surface area (Å²) in [5, 5.41) is 15.4. The summed E-state index contributed by atoms with van der Waals surface area (Å²) in [5.74, 6) is -2.62. The Morgan fingerprint density at radius 2 is 1.06 bits per heavy atom. The molecule has 0 aromatic carbocycles. The molecule has 6 nitrogen and oxygen atoms in total. The van der Waals surface area contributed by atoms with Crippen LogP contribution in [-0.2, 0) is 30.7 Å². The van der Waals surface area contributed by atoms with Gasteiger partial charge in [0.05, 0.1) is 0 Å². The van der Waals surface area contributed by atoms with Crippen LogP contribution in [0.1, 0.15) is 34.1 Å². The van der Waals surface area contributed by atoms with Crippen LogP contribution in [0.2, 0.25) is 0 Å². The first-order valence-electron chi connectivity index (χ1n) is 4.45. The standard InChI is InChI=1S/2C3H8N.C3H4O4.Pt/c2*1-3(2)4;4-2(5)1-3(6)7;/h2*3-4H,1-2H3;1H2,(H,4,5)(H,6,7);/q2*-1;;+2. The molecule has 16 heavy (non-hydrogen) atoms. The molecule has 100 valence electrons. The minimum absolute atomic E-state index is 0. The fraction of sp³-hybridized carbons (Fsp3) is 0.778. The van der Waals surface area contributed by atoms with Crippen molar-refractivity contribution in [2.75, 3.05) is 0 Å². The van der Waals surface area contributed by atoms with E-state index in [9.17, 15) is 9.59 Å². The first kappa shape index (κ1) is 24.7. The summed E-state index contributed by atoms with van der Waals surface area (Å²) >= 11 is 0. The Labute approximate surface area is 111 Å². The first-order valence-corrected chi connectivity index (χ1v) is 4.45. The first-order chi connectivity index (χ1) is 6.59. The van der Waals surface area contributed by atoms with Crippen LogP contribution in [0.25, 0.3) is 11.5 Å². The van der Waals surface area contributed by atoms with Gasteiger partial charge in [-0.05, 0) is 0 Å². The van der Waals surface area contributed by atoms with Crippen molar-refractivity contribution in [1.29, 1.82) is 0 Å². The number of aliphatic carboxylic acids is 2. The van der Waals surface area contributed by atoms with Gasteiger partial charge >= 0.3 is 33.0 Å². The molecule has 7 heteroatoms. The van der Waals surface area contributed by atoms with E-state index in [-0.39, 0.29) is 33.1 Å². The number of carboxylic acid groups (broad SMARTS) is 2. The minimum Gasteiger partial charge on any atom is -0.675 e. The zero-order valence-electron chi connectivity index (χ0n) is 9.89. The van der Waals surface area contributed by atoms with Crippen LogP contribution >= 0.6 is 0 Å². The Bertz CT molecular complexity index is 151. The van der Waals surface area contributed by atoms with Gasteiger partial charge in [-0.1, -0.05) is 27.7 Å². The molecule has 0 aliphatic rings. The molecule has 0 fully saturated rings. The van der Waals surface area contributed by atoms with Crippen LogP contribution in [0.5, 0.6) is 0 Å². The molecule has 0 bridgehead atoms. The second-order valence-electron chi connectivity index (χ2n) is 3.27. The normalized spacial score (nSPS) is 8.00. The van der Waals surface area contributed by atoms with Crippen LogP contribution < -0.4 is 0 Å². The molecule has 0 aliphatic heterocycles. The third-order valence-electron chi connectivity index (χ3n) is 0.302. The van der Waals surface area contributed by atoms with E-state index in [4.69, 9.17) is 21.7 Å². The number of nitrogens with one attached hydrogen (secondary N) is 2. The van der Waals surface area contributed by atoms with E-state index >= 15 is 0 Å². The number of hydrogen-bond acceptors (Lipinski definition) is 2. The maximum absolute atomic E-state index is 9.43. The molecule has 0 aromatic rings. The molecule has 0 amide bonds. The molecular weight excluding hydrogens is 395 g/mol. The van der Waals surface area contributed by atoms with Gasteiger partial charge in [0.1, 0.15) is 6.42 Å².